The molecule has 1 saturated heterocycles. The van der Waals surface area contributed by atoms with Crippen LogP contribution < -0.4 is 10.1 Å². The molecule has 1 aliphatic rings. The number of piperidine rings is 1. The minimum atomic E-state index is -0.582. The first kappa shape index (κ1) is 22.6. The van der Waals surface area contributed by atoms with Crippen LogP contribution in [0.5, 0.6) is 5.75 Å². The van der Waals surface area contributed by atoms with Crippen LogP contribution in [0, 0.1) is 5.92 Å². The maximum absolute atomic E-state index is 12.7. The van der Waals surface area contributed by atoms with Gasteiger partial charge in [-0.15, -0.1) is 0 Å². The van der Waals surface area contributed by atoms with E-state index in [0.717, 1.165) is 19.4 Å². The van der Waals surface area contributed by atoms with Gasteiger partial charge in [-0.3, -0.25) is 9.59 Å². The third-order valence-corrected chi connectivity index (χ3v) is 5.44. The molecule has 1 aromatic heterocycles. The molecular formula is C22H29N3O6. The Morgan fingerprint density at radius 1 is 1.26 bits per heavy atom. The molecule has 0 saturated carbocycles. The van der Waals surface area contributed by atoms with E-state index >= 15 is 0 Å². The summed E-state index contributed by atoms with van der Waals surface area (Å²) in [4.78, 5) is 42.1. The van der Waals surface area contributed by atoms with Crippen LogP contribution in [0.2, 0.25) is 0 Å². The molecule has 0 bridgehead atoms. The number of H-pyrrole nitrogens is 1. The molecule has 2 heterocycles. The Labute approximate surface area is 181 Å². The van der Waals surface area contributed by atoms with Gasteiger partial charge in [0.15, 0.2) is 0 Å². The van der Waals surface area contributed by atoms with Crippen LogP contribution in [-0.2, 0) is 19.1 Å². The van der Waals surface area contributed by atoms with E-state index in [-0.39, 0.29) is 29.9 Å². The molecule has 3 rings (SSSR count). The van der Waals surface area contributed by atoms with Crippen LogP contribution in [0.1, 0.15) is 36.7 Å². The zero-order valence-electron chi connectivity index (χ0n) is 18.2. The van der Waals surface area contributed by atoms with Gasteiger partial charge in [0.1, 0.15) is 11.4 Å². The highest BCUT2D eigenvalue weighted by Gasteiger charge is 2.27. The van der Waals surface area contributed by atoms with Gasteiger partial charge in [0.05, 0.1) is 43.3 Å². The first-order valence-corrected chi connectivity index (χ1v) is 10.4. The summed E-state index contributed by atoms with van der Waals surface area (Å²) in [5, 5.41) is 3.46. The molecule has 0 unspecified atom stereocenters. The van der Waals surface area contributed by atoms with E-state index in [1.165, 1.54) is 14.2 Å². The van der Waals surface area contributed by atoms with Gasteiger partial charge in [-0.2, -0.15) is 0 Å². The Kier molecular flexibility index (Phi) is 7.51. The molecule has 0 aliphatic carbocycles. The normalized spacial score (nSPS) is 16.7. The number of ether oxygens (including phenoxy) is 3. The maximum atomic E-state index is 12.7. The molecular weight excluding hydrogens is 402 g/mol. The van der Waals surface area contributed by atoms with Crippen molar-refractivity contribution in [3.05, 3.63) is 23.9 Å². The smallest absolute Gasteiger partial charge is 0.356 e. The summed E-state index contributed by atoms with van der Waals surface area (Å²) < 4.78 is 15.4. The van der Waals surface area contributed by atoms with Crippen molar-refractivity contribution in [2.75, 3.05) is 45.8 Å². The van der Waals surface area contributed by atoms with Crippen LogP contribution in [0.3, 0.4) is 0 Å². The van der Waals surface area contributed by atoms with Gasteiger partial charge in [0, 0.05) is 19.5 Å². The van der Waals surface area contributed by atoms with Gasteiger partial charge < -0.3 is 29.4 Å². The SMILES string of the molecule is CCOC(=O)[C@@H]1CCCN(CCC(=O)Nc2c(C(=O)OC)[nH]c3cccc(OC)c23)C1. The molecule has 1 fully saturated rings. The molecule has 1 atom stereocenters. The number of methoxy groups -OCH3 is 2. The monoisotopic (exact) mass is 431 g/mol. The Hall–Kier alpha value is -3.07. The fraction of sp³-hybridized carbons (Fsp3) is 0.500. The Balaban J connectivity index is 1.70. The van der Waals surface area contributed by atoms with Crippen LogP contribution in [0.15, 0.2) is 18.2 Å². The van der Waals surface area contributed by atoms with E-state index in [1.54, 1.807) is 25.1 Å². The fourth-order valence-electron chi connectivity index (χ4n) is 3.94. The van der Waals surface area contributed by atoms with Crippen molar-refractivity contribution in [1.29, 1.82) is 0 Å². The number of nitrogens with zero attached hydrogens (tertiary/aromatic N) is 1. The lowest BCUT2D eigenvalue weighted by atomic mass is 9.98. The Morgan fingerprint density at radius 2 is 2.06 bits per heavy atom. The van der Waals surface area contributed by atoms with Crippen molar-refractivity contribution in [1.82, 2.24) is 9.88 Å². The number of amides is 1. The standard InChI is InChI=1S/C22H29N3O6/c1-4-31-21(27)14-7-6-11-25(13-14)12-10-17(26)24-19-18-15(8-5-9-16(18)29-2)23-20(19)22(28)30-3/h5,8-9,14,23H,4,6-7,10-13H2,1-3H3,(H,24,26)/t14-/m1/s1. The third-order valence-electron chi connectivity index (χ3n) is 5.44. The van der Waals surface area contributed by atoms with Gasteiger partial charge in [-0.05, 0) is 38.4 Å². The number of nitrogens with one attached hydrogen (secondary N) is 2. The summed E-state index contributed by atoms with van der Waals surface area (Å²) >= 11 is 0. The molecule has 168 valence electrons. The second-order valence-electron chi connectivity index (χ2n) is 7.44. The molecule has 9 nitrogen and oxygen atoms in total. The maximum Gasteiger partial charge on any atom is 0.356 e. The number of fused-ring (bicyclic) bond motifs is 1. The minimum Gasteiger partial charge on any atom is -0.496 e. The van der Waals surface area contributed by atoms with E-state index in [9.17, 15) is 14.4 Å². The zero-order chi connectivity index (χ0) is 22.4. The predicted octanol–water partition coefficient (Wildman–Crippen LogP) is 2.57. The highest BCUT2D eigenvalue weighted by atomic mass is 16.5. The summed E-state index contributed by atoms with van der Waals surface area (Å²) in [6.45, 7) is 4.09. The van der Waals surface area contributed by atoms with Crippen molar-refractivity contribution in [3.63, 3.8) is 0 Å². The van der Waals surface area contributed by atoms with Crippen molar-refractivity contribution in [3.8, 4) is 5.75 Å². The quantitative estimate of drug-likeness (QED) is 0.618. The first-order chi connectivity index (χ1) is 15.0. The zero-order valence-corrected chi connectivity index (χ0v) is 18.2. The van der Waals surface area contributed by atoms with Crippen LogP contribution in [0.25, 0.3) is 10.9 Å². The number of aromatic nitrogens is 1. The molecule has 31 heavy (non-hydrogen) atoms. The first-order valence-electron chi connectivity index (χ1n) is 10.4. The van der Waals surface area contributed by atoms with Gasteiger partial charge >= 0.3 is 11.9 Å². The second kappa shape index (κ2) is 10.3. The number of carbonyl (C=O) groups excluding carboxylic acids is 3. The van der Waals surface area contributed by atoms with Gasteiger partial charge in [-0.1, -0.05) is 6.07 Å². The topological polar surface area (TPSA) is 110 Å². The molecule has 1 aliphatic heterocycles. The van der Waals surface area contributed by atoms with Crippen molar-refractivity contribution < 1.29 is 28.6 Å². The number of carbonyl (C=O) groups is 3. The number of hydrogen-bond acceptors (Lipinski definition) is 7. The average Bonchev–Trinajstić information content (AvgIpc) is 3.16. The Morgan fingerprint density at radius 3 is 2.77 bits per heavy atom. The molecule has 2 aromatic rings. The second-order valence-corrected chi connectivity index (χ2v) is 7.44. The van der Waals surface area contributed by atoms with Gasteiger partial charge in [0.2, 0.25) is 5.91 Å². The van der Waals surface area contributed by atoms with Crippen molar-refractivity contribution in [2.24, 2.45) is 5.92 Å². The molecule has 1 aromatic carbocycles. The third kappa shape index (κ3) is 5.16. The number of aromatic amines is 1. The number of rotatable bonds is 8. The lowest BCUT2D eigenvalue weighted by molar-refractivity contribution is -0.149. The van der Waals surface area contributed by atoms with E-state index < -0.39 is 5.97 Å². The van der Waals surface area contributed by atoms with Crippen LogP contribution >= 0.6 is 0 Å². The number of likely N-dealkylation sites (tertiary alicyclic amines) is 1. The molecule has 2 N–H and O–H groups in total. The number of hydrogen-bond donors (Lipinski definition) is 2. The van der Waals surface area contributed by atoms with Gasteiger partial charge in [0.25, 0.3) is 0 Å². The largest absolute Gasteiger partial charge is 0.496 e. The highest BCUT2D eigenvalue weighted by molar-refractivity contribution is 6.12. The number of benzene rings is 1. The van der Waals surface area contributed by atoms with Crippen molar-refractivity contribution in [2.45, 2.75) is 26.2 Å². The lowest BCUT2D eigenvalue weighted by Crippen LogP contribution is -2.40. The summed E-state index contributed by atoms with van der Waals surface area (Å²) in [7, 11) is 2.81. The number of esters is 2. The Bertz CT molecular complexity index is 954. The summed E-state index contributed by atoms with van der Waals surface area (Å²) in [5.41, 5.74) is 1.16. The molecule has 9 heteroatoms. The molecule has 0 radical (unpaired) electrons. The number of anilines is 1. The summed E-state index contributed by atoms with van der Waals surface area (Å²) in [6, 6.07) is 5.35. The molecule has 0 spiro atoms. The van der Waals surface area contributed by atoms with E-state index in [4.69, 9.17) is 14.2 Å². The van der Waals surface area contributed by atoms with Crippen LogP contribution in [0.4, 0.5) is 5.69 Å². The summed E-state index contributed by atoms with van der Waals surface area (Å²) in [5.74, 6) is -0.615. The molecule has 1 amide bonds. The van der Waals surface area contributed by atoms with E-state index in [0.29, 0.717) is 42.0 Å². The van der Waals surface area contributed by atoms with Gasteiger partial charge in [-0.25, -0.2) is 4.79 Å². The van der Waals surface area contributed by atoms with Crippen LogP contribution in [-0.4, -0.2) is 68.2 Å². The minimum absolute atomic E-state index is 0.152. The van der Waals surface area contributed by atoms with Crippen molar-refractivity contribution >= 4 is 34.4 Å². The lowest BCUT2D eigenvalue weighted by Gasteiger charge is -2.31. The summed E-state index contributed by atoms with van der Waals surface area (Å²) in [6.07, 6.45) is 1.91. The van der Waals surface area contributed by atoms with E-state index in [2.05, 4.69) is 15.2 Å². The van der Waals surface area contributed by atoms with E-state index in [1.807, 2.05) is 0 Å². The predicted molar refractivity (Wildman–Crippen MR) is 115 cm³/mol. The average molecular weight is 431 g/mol. The fourth-order valence-corrected chi connectivity index (χ4v) is 3.94. The highest BCUT2D eigenvalue weighted by Crippen LogP contribution is 2.35.